The summed E-state index contributed by atoms with van der Waals surface area (Å²) in [7, 11) is 0. The molecule has 1 aromatic carbocycles. The zero-order valence-electron chi connectivity index (χ0n) is 14.7. The van der Waals surface area contributed by atoms with Crippen molar-refractivity contribution in [2.75, 3.05) is 13.1 Å². The molecule has 1 N–H and O–H groups in total. The Balaban J connectivity index is 1.40. The highest BCUT2D eigenvalue weighted by Crippen LogP contribution is 2.37. The first-order chi connectivity index (χ1) is 12.3. The van der Waals surface area contributed by atoms with Crippen molar-refractivity contribution in [1.29, 1.82) is 0 Å². The predicted octanol–water partition coefficient (Wildman–Crippen LogP) is 3.64. The summed E-state index contributed by atoms with van der Waals surface area (Å²) in [5, 5.41) is 15.2. The number of hydrogen-bond donors (Lipinski definition) is 1. The second-order valence-electron chi connectivity index (χ2n) is 7.32. The van der Waals surface area contributed by atoms with Gasteiger partial charge in [-0.3, -0.25) is 9.58 Å². The molecule has 2 aromatic rings. The van der Waals surface area contributed by atoms with Crippen molar-refractivity contribution in [3.05, 3.63) is 59.4 Å². The van der Waals surface area contributed by atoms with Gasteiger partial charge in [0.2, 0.25) is 0 Å². The number of aliphatic hydroxyl groups excluding tert-OH is 1. The first-order valence-electron chi connectivity index (χ1n) is 9.48. The minimum Gasteiger partial charge on any atom is -0.386 e. The number of aryl methyl sites for hydroxylation is 1. The molecule has 2 aliphatic rings. The van der Waals surface area contributed by atoms with Gasteiger partial charge in [-0.15, -0.1) is 0 Å². The Morgan fingerprint density at radius 2 is 2.00 bits per heavy atom. The SMILES string of the molecule is OC(c1cc2n(n1)CCCN(C/C=C/c1ccccc1)C2)C1CCC1. The second-order valence-corrected chi connectivity index (χ2v) is 7.32. The van der Waals surface area contributed by atoms with Crippen LogP contribution in [0.5, 0.6) is 0 Å². The van der Waals surface area contributed by atoms with Crippen LogP contribution < -0.4 is 0 Å². The minimum absolute atomic E-state index is 0.375. The molecule has 1 aliphatic heterocycles. The molecule has 4 rings (SSSR count). The van der Waals surface area contributed by atoms with Crippen molar-refractivity contribution < 1.29 is 5.11 Å². The van der Waals surface area contributed by atoms with Crippen molar-refractivity contribution >= 4 is 6.08 Å². The number of hydrogen-bond acceptors (Lipinski definition) is 3. The van der Waals surface area contributed by atoms with Crippen LogP contribution >= 0.6 is 0 Å². The van der Waals surface area contributed by atoms with Crippen LogP contribution in [0.3, 0.4) is 0 Å². The Morgan fingerprint density at radius 3 is 2.76 bits per heavy atom. The maximum atomic E-state index is 10.5. The van der Waals surface area contributed by atoms with Crippen LogP contribution in [0.1, 0.15) is 48.7 Å². The van der Waals surface area contributed by atoms with E-state index in [0.717, 1.165) is 51.1 Å². The van der Waals surface area contributed by atoms with Crippen LogP contribution in [0.2, 0.25) is 0 Å². The van der Waals surface area contributed by atoms with Gasteiger partial charge < -0.3 is 5.11 Å². The van der Waals surface area contributed by atoms with Gasteiger partial charge in [0.1, 0.15) is 6.10 Å². The molecule has 2 heterocycles. The molecule has 0 saturated heterocycles. The highest BCUT2D eigenvalue weighted by Gasteiger charge is 2.29. The van der Waals surface area contributed by atoms with Gasteiger partial charge in [0.25, 0.3) is 0 Å². The van der Waals surface area contributed by atoms with E-state index < -0.39 is 0 Å². The van der Waals surface area contributed by atoms with E-state index in [9.17, 15) is 5.11 Å². The molecule has 1 saturated carbocycles. The van der Waals surface area contributed by atoms with E-state index in [4.69, 9.17) is 5.10 Å². The van der Waals surface area contributed by atoms with E-state index >= 15 is 0 Å². The second kappa shape index (κ2) is 7.54. The van der Waals surface area contributed by atoms with Gasteiger partial charge in [0, 0.05) is 26.2 Å². The number of fused-ring (bicyclic) bond motifs is 1. The summed E-state index contributed by atoms with van der Waals surface area (Å²) in [6.45, 7) is 3.89. The van der Waals surface area contributed by atoms with E-state index in [2.05, 4.69) is 52.1 Å². The topological polar surface area (TPSA) is 41.3 Å². The molecule has 25 heavy (non-hydrogen) atoms. The molecule has 1 aliphatic carbocycles. The fourth-order valence-corrected chi connectivity index (χ4v) is 3.75. The Morgan fingerprint density at radius 1 is 1.16 bits per heavy atom. The standard InChI is InChI=1S/C21H27N3O/c25-21(18-10-4-11-18)20-15-19-16-23(13-6-14-24(19)22-20)12-5-9-17-7-2-1-3-8-17/h1-3,5,7-9,15,18,21,25H,4,6,10-14,16H2/b9-5+. The van der Waals surface area contributed by atoms with E-state index in [-0.39, 0.29) is 6.10 Å². The zero-order valence-corrected chi connectivity index (χ0v) is 14.7. The van der Waals surface area contributed by atoms with Crippen LogP contribution in [-0.2, 0) is 13.1 Å². The molecule has 0 radical (unpaired) electrons. The van der Waals surface area contributed by atoms with Gasteiger partial charge in [-0.05, 0) is 36.8 Å². The van der Waals surface area contributed by atoms with Crippen molar-refractivity contribution in [3.63, 3.8) is 0 Å². The molecular weight excluding hydrogens is 310 g/mol. The van der Waals surface area contributed by atoms with Gasteiger partial charge in [-0.2, -0.15) is 5.10 Å². The number of nitrogens with zero attached hydrogens (tertiary/aromatic N) is 3. The molecule has 0 amide bonds. The fraction of sp³-hybridized carbons (Fsp3) is 0.476. The lowest BCUT2D eigenvalue weighted by atomic mass is 9.80. The molecule has 4 nitrogen and oxygen atoms in total. The predicted molar refractivity (Wildman–Crippen MR) is 99.9 cm³/mol. The summed E-state index contributed by atoms with van der Waals surface area (Å²) in [6, 6.07) is 12.6. The molecule has 1 fully saturated rings. The summed E-state index contributed by atoms with van der Waals surface area (Å²) in [4.78, 5) is 2.46. The van der Waals surface area contributed by atoms with Crippen molar-refractivity contribution in [2.24, 2.45) is 5.92 Å². The summed E-state index contributed by atoms with van der Waals surface area (Å²) < 4.78 is 2.11. The fourth-order valence-electron chi connectivity index (χ4n) is 3.75. The van der Waals surface area contributed by atoms with Crippen LogP contribution in [0.4, 0.5) is 0 Å². The molecule has 0 spiro atoms. The number of aromatic nitrogens is 2. The van der Waals surface area contributed by atoms with Crippen LogP contribution in [0, 0.1) is 5.92 Å². The molecule has 0 bridgehead atoms. The monoisotopic (exact) mass is 337 g/mol. The molecule has 1 aromatic heterocycles. The van der Waals surface area contributed by atoms with Crippen molar-refractivity contribution in [2.45, 2.75) is 44.9 Å². The summed E-state index contributed by atoms with van der Waals surface area (Å²) in [6.07, 6.45) is 8.68. The van der Waals surface area contributed by atoms with Gasteiger partial charge in [-0.25, -0.2) is 0 Å². The lowest BCUT2D eigenvalue weighted by Gasteiger charge is -2.29. The van der Waals surface area contributed by atoms with Gasteiger partial charge >= 0.3 is 0 Å². The summed E-state index contributed by atoms with van der Waals surface area (Å²) >= 11 is 0. The lowest BCUT2D eigenvalue weighted by molar-refractivity contribution is 0.0581. The molecule has 1 atom stereocenters. The molecular formula is C21H27N3O. The number of rotatable bonds is 5. The Labute approximate surface area is 149 Å². The first kappa shape index (κ1) is 16.6. The molecule has 1 unspecified atom stereocenters. The molecule has 4 heteroatoms. The summed E-state index contributed by atoms with van der Waals surface area (Å²) in [5.41, 5.74) is 3.36. The van der Waals surface area contributed by atoms with E-state index in [1.807, 2.05) is 6.07 Å². The maximum absolute atomic E-state index is 10.5. The Bertz CT molecular complexity index is 718. The van der Waals surface area contributed by atoms with E-state index in [1.165, 1.54) is 17.7 Å². The zero-order chi connectivity index (χ0) is 17.1. The number of benzene rings is 1. The normalized spacial score (nSPS) is 20.2. The van der Waals surface area contributed by atoms with Gasteiger partial charge in [-0.1, -0.05) is 48.9 Å². The largest absolute Gasteiger partial charge is 0.386 e. The average molecular weight is 337 g/mol. The quantitative estimate of drug-likeness (QED) is 0.906. The minimum atomic E-state index is -0.375. The number of aliphatic hydroxyl groups is 1. The third kappa shape index (κ3) is 3.86. The van der Waals surface area contributed by atoms with E-state index in [1.54, 1.807) is 0 Å². The third-order valence-electron chi connectivity index (χ3n) is 5.48. The summed E-state index contributed by atoms with van der Waals surface area (Å²) in [5.74, 6) is 0.420. The third-order valence-corrected chi connectivity index (χ3v) is 5.48. The van der Waals surface area contributed by atoms with Crippen molar-refractivity contribution in [1.82, 2.24) is 14.7 Å². The Kier molecular flexibility index (Phi) is 4.99. The average Bonchev–Trinajstić information content (AvgIpc) is 2.88. The van der Waals surface area contributed by atoms with E-state index in [0.29, 0.717) is 5.92 Å². The highest BCUT2D eigenvalue weighted by molar-refractivity contribution is 5.48. The Hall–Kier alpha value is -1.91. The highest BCUT2D eigenvalue weighted by atomic mass is 16.3. The van der Waals surface area contributed by atoms with Crippen LogP contribution in [0.25, 0.3) is 6.08 Å². The van der Waals surface area contributed by atoms with Crippen LogP contribution in [0.15, 0.2) is 42.5 Å². The molecule has 132 valence electrons. The van der Waals surface area contributed by atoms with Gasteiger partial charge in [0.15, 0.2) is 0 Å². The van der Waals surface area contributed by atoms with Crippen LogP contribution in [-0.4, -0.2) is 32.9 Å². The van der Waals surface area contributed by atoms with Gasteiger partial charge in [0.05, 0.1) is 11.4 Å². The first-order valence-corrected chi connectivity index (χ1v) is 9.48. The smallest absolute Gasteiger partial charge is 0.101 e. The van der Waals surface area contributed by atoms with Crippen molar-refractivity contribution in [3.8, 4) is 0 Å². The maximum Gasteiger partial charge on any atom is 0.101 e. The lowest BCUT2D eigenvalue weighted by Crippen LogP contribution is -2.23.